The Morgan fingerprint density at radius 3 is 2.68 bits per heavy atom. The van der Waals surface area contributed by atoms with E-state index in [9.17, 15) is 4.79 Å². The highest BCUT2D eigenvalue weighted by atomic mass is 32.1. The van der Waals surface area contributed by atoms with Gasteiger partial charge in [0.2, 0.25) is 0 Å². The maximum Gasteiger partial charge on any atom is 0.255 e. The Morgan fingerprint density at radius 1 is 1.18 bits per heavy atom. The van der Waals surface area contributed by atoms with Gasteiger partial charge in [0, 0.05) is 16.6 Å². The van der Waals surface area contributed by atoms with Gasteiger partial charge in [-0.1, -0.05) is 24.3 Å². The van der Waals surface area contributed by atoms with Crippen LogP contribution in [0, 0.1) is 6.92 Å². The van der Waals surface area contributed by atoms with Crippen LogP contribution in [0.5, 0.6) is 0 Å². The Kier molecular flexibility index (Phi) is 4.95. The van der Waals surface area contributed by atoms with E-state index >= 15 is 0 Å². The third kappa shape index (κ3) is 3.97. The summed E-state index contributed by atoms with van der Waals surface area (Å²) in [6.45, 7) is 2.68. The fourth-order valence-corrected chi connectivity index (χ4v) is 3.68. The zero-order valence-electron chi connectivity index (χ0n) is 15.4. The van der Waals surface area contributed by atoms with E-state index < -0.39 is 0 Å². The molecule has 0 aliphatic carbocycles. The second-order valence-electron chi connectivity index (χ2n) is 6.65. The van der Waals surface area contributed by atoms with Crippen LogP contribution in [0.2, 0.25) is 0 Å². The first kappa shape index (κ1) is 18.0. The minimum atomic E-state index is -0.184. The molecule has 3 N–H and O–H groups in total. The number of nitrogens with two attached hydrogens (primary N) is 1. The van der Waals surface area contributed by atoms with Crippen molar-refractivity contribution >= 4 is 28.6 Å². The summed E-state index contributed by atoms with van der Waals surface area (Å²) in [5.41, 5.74) is 11.0. The second-order valence-corrected chi connectivity index (χ2v) is 7.59. The van der Waals surface area contributed by atoms with Gasteiger partial charge in [0.15, 0.2) is 0 Å². The predicted molar refractivity (Wildman–Crippen MR) is 115 cm³/mol. The van der Waals surface area contributed by atoms with Crippen molar-refractivity contribution in [2.24, 2.45) is 0 Å². The highest BCUT2D eigenvalue weighted by Crippen LogP contribution is 2.30. The van der Waals surface area contributed by atoms with Gasteiger partial charge in [0.25, 0.3) is 5.91 Å². The van der Waals surface area contributed by atoms with Gasteiger partial charge in [0.05, 0.1) is 24.1 Å². The molecule has 0 fully saturated rings. The number of nitrogens with one attached hydrogen (secondary N) is 1. The van der Waals surface area contributed by atoms with Crippen LogP contribution < -0.4 is 11.1 Å². The van der Waals surface area contributed by atoms with Gasteiger partial charge < -0.3 is 11.1 Å². The van der Waals surface area contributed by atoms with Crippen molar-refractivity contribution in [1.29, 1.82) is 0 Å². The molecule has 0 aliphatic rings. The van der Waals surface area contributed by atoms with Crippen molar-refractivity contribution in [2.75, 3.05) is 11.1 Å². The second kappa shape index (κ2) is 7.70. The fraction of sp³-hybridized carbons (Fsp3) is 0.0909. The average molecular weight is 388 g/mol. The summed E-state index contributed by atoms with van der Waals surface area (Å²) in [6.07, 6.45) is 3.82. The lowest BCUT2D eigenvalue weighted by molar-refractivity contribution is 0.102. The van der Waals surface area contributed by atoms with E-state index in [0.717, 1.165) is 21.6 Å². The summed E-state index contributed by atoms with van der Waals surface area (Å²) in [5.74, 6) is -0.184. The van der Waals surface area contributed by atoms with Gasteiger partial charge >= 0.3 is 0 Å². The molecule has 0 aliphatic heterocycles. The van der Waals surface area contributed by atoms with Crippen LogP contribution in [0.3, 0.4) is 0 Å². The quantitative estimate of drug-likeness (QED) is 0.482. The first-order valence-electron chi connectivity index (χ1n) is 8.91. The van der Waals surface area contributed by atoms with E-state index in [4.69, 9.17) is 5.73 Å². The molecule has 2 aromatic carbocycles. The smallest absolute Gasteiger partial charge is 0.255 e. The number of hydrogen-bond donors (Lipinski definition) is 2. The maximum atomic E-state index is 12.7. The Morgan fingerprint density at radius 2 is 2.00 bits per heavy atom. The number of aromatic nitrogens is 2. The lowest BCUT2D eigenvalue weighted by Gasteiger charge is -2.10. The minimum Gasteiger partial charge on any atom is -0.397 e. The molecule has 0 spiro atoms. The van der Waals surface area contributed by atoms with Crippen molar-refractivity contribution in [1.82, 2.24) is 9.78 Å². The molecule has 0 saturated carbocycles. The van der Waals surface area contributed by atoms with Crippen molar-refractivity contribution in [3.63, 3.8) is 0 Å². The molecule has 1 amide bonds. The highest BCUT2D eigenvalue weighted by molar-refractivity contribution is 7.13. The van der Waals surface area contributed by atoms with Gasteiger partial charge in [-0.05, 0) is 59.3 Å². The number of carbonyl (C=O) groups excluding carboxylic acids is 1. The average Bonchev–Trinajstić information content (AvgIpc) is 3.36. The van der Waals surface area contributed by atoms with Crippen LogP contribution in [0.4, 0.5) is 11.4 Å². The van der Waals surface area contributed by atoms with Crippen molar-refractivity contribution in [3.8, 4) is 10.4 Å². The molecule has 2 aromatic heterocycles. The topological polar surface area (TPSA) is 72.9 Å². The minimum absolute atomic E-state index is 0.184. The van der Waals surface area contributed by atoms with E-state index in [2.05, 4.69) is 10.4 Å². The summed E-state index contributed by atoms with van der Waals surface area (Å²) in [7, 11) is 0. The molecule has 140 valence electrons. The molecular weight excluding hydrogens is 368 g/mol. The molecule has 2 heterocycles. The number of rotatable bonds is 5. The van der Waals surface area contributed by atoms with Crippen LogP contribution >= 0.6 is 11.3 Å². The number of nitrogens with zero attached hydrogens (tertiary/aromatic N) is 2. The lowest BCUT2D eigenvalue weighted by atomic mass is 10.1. The zero-order valence-corrected chi connectivity index (χ0v) is 16.2. The van der Waals surface area contributed by atoms with E-state index in [1.54, 1.807) is 11.3 Å². The van der Waals surface area contributed by atoms with Crippen LogP contribution in [0.25, 0.3) is 10.4 Å². The Hall–Kier alpha value is -3.38. The van der Waals surface area contributed by atoms with E-state index in [0.29, 0.717) is 23.5 Å². The summed E-state index contributed by atoms with van der Waals surface area (Å²) >= 11 is 1.65. The van der Waals surface area contributed by atoms with Gasteiger partial charge in [-0.3, -0.25) is 9.48 Å². The largest absolute Gasteiger partial charge is 0.397 e. The van der Waals surface area contributed by atoms with Crippen molar-refractivity contribution in [2.45, 2.75) is 13.5 Å². The number of thiophene rings is 1. The Balaban J connectivity index is 1.48. The SMILES string of the molecule is Cc1cnn(Cc2ccc(C(=O)Nc3cc(-c4cccs4)ccc3N)cc2)c1. The number of anilines is 2. The number of amides is 1. The van der Waals surface area contributed by atoms with Gasteiger partial charge in [-0.25, -0.2) is 0 Å². The summed E-state index contributed by atoms with van der Waals surface area (Å²) < 4.78 is 1.88. The molecule has 0 unspecified atom stereocenters. The predicted octanol–water partition coefficient (Wildman–Crippen LogP) is 4.80. The number of benzene rings is 2. The molecule has 4 aromatic rings. The number of hydrogen-bond acceptors (Lipinski definition) is 4. The van der Waals surface area contributed by atoms with E-state index in [-0.39, 0.29) is 5.91 Å². The molecule has 4 rings (SSSR count). The molecule has 0 atom stereocenters. The van der Waals surface area contributed by atoms with Gasteiger partial charge in [0.1, 0.15) is 0 Å². The Labute approximate surface area is 167 Å². The van der Waals surface area contributed by atoms with Crippen LogP contribution in [0.1, 0.15) is 21.5 Å². The lowest BCUT2D eigenvalue weighted by Crippen LogP contribution is -2.13. The van der Waals surface area contributed by atoms with Crippen molar-refractivity contribution in [3.05, 3.63) is 89.1 Å². The first-order valence-corrected chi connectivity index (χ1v) is 9.79. The molecule has 6 heteroatoms. The maximum absolute atomic E-state index is 12.7. The molecule has 5 nitrogen and oxygen atoms in total. The normalized spacial score (nSPS) is 10.8. The van der Waals surface area contributed by atoms with Gasteiger partial charge in [-0.2, -0.15) is 5.10 Å². The molecular formula is C22H20N4OS. The number of aryl methyl sites for hydroxylation is 1. The van der Waals surface area contributed by atoms with Crippen molar-refractivity contribution < 1.29 is 4.79 Å². The van der Waals surface area contributed by atoms with Gasteiger partial charge in [-0.15, -0.1) is 11.3 Å². The highest BCUT2D eigenvalue weighted by Gasteiger charge is 2.10. The molecule has 0 bridgehead atoms. The third-order valence-electron chi connectivity index (χ3n) is 4.43. The molecule has 0 saturated heterocycles. The summed E-state index contributed by atoms with van der Waals surface area (Å²) in [6, 6.07) is 17.3. The van der Waals surface area contributed by atoms with Crippen LogP contribution in [0.15, 0.2) is 72.4 Å². The zero-order chi connectivity index (χ0) is 19.5. The van der Waals surface area contributed by atoms with Crippen LogP contribution in [-0.2, 0) is 6.54 Å². The summed E-state index contributed by atoms with van der Waals surface area (Å²) in [4.78, 5) is 13.8. The first-order chi connectivity index (χ1) is 13.6. The third-order valence-corrected chi connectivity index (χ3v) is 5.35. The molecule has 28 heavy (non-hydrogen) atoms. The standard InChI is InChI=1S/C22H20N4OS/c1-15-12-24-26(13-15)14-16-4-6-17(7-5-16)22(27)25-20-11-18(8-9-19(20)23)21-3-2-10-28-21/h2-13H,14,23H2,1H3,(H,25,27). The van der Waals surface area contributed by atoms with E-state index in [1.807, 2.05) is 84.0 Å². The van der Waals surface area contributed by atoms with E-state index in [1.165, 1.54) is 0 Å². The van der Waals surface area contributed by atoms with Crippen LogP contribution in [-0.4, -0.2) is 15.7 Å². The molecule has 0 radical (unpaired) electrons. The number of carbonyl (C=O) groups is 1. The fourth-order valence-electron chi connectivity index (χ4n) is 2.96. The monoisotopic (exact) mass is 388 g/mol. The summed E-state index contributed by atoms with van der Waals surface area (Å²) in [5, 5.41) is 9.24. The number of nitrogen functional groups attached to an aromatic ring is 1. The Bertz CT molecular complexity index is 1100.